The third kappa shape index (κ3) is 2.70. The Bertz CT molecular complexity index is 299. The van der Waals surface area contributed by atoms with Crippen LogP contribution in [0, 0.1) is 5.82 Å². The molecule has 1 aromatic rings. The molecule has 0 bridgehead atoms. The molecule has 0 spiro atoms. The minimum Gasteiger partial charge on any atom is -0.493 e. The average molecular weight is 197 g/mol. The number of nitrogens with two attached hydrogens (primary N) is 1. The summed E-state index contributed by atoms with van der Waals surface area (Å²) in [5.41, 5.74) is 6.43. The average Bonchev–Trinajstić information content (AvgIpc) is 2.15. The SMILES string of the molecule is CCCOc1ccc(F)cc1[C@H](C)N. The van der Waals surface area contributed by atoms with Crippen molar-refractivity contribution in [2.45, 2.75) is 26.3 Å². The fraction of sp³-hybridized carbons (Fsp3) is 0.455. The highest BCUT2D eigenvalue weighted by atomic mass is 19.1. The number of hydrogen-bond donors (Lipinski definition) is 1. The smallest absolute Gasteiger partial charge is 0.124 e. The third-order valence-electron chi connectivity index (χ3n) is 1.92. The van der Waals surface area contributed by atoms with Crippen LogP contribution in [-0.2, 0) is 0 Å². The molecule has 3 heteroatoms. The zero-order valence-corrected chi connectivity index (χ0v) is 8.59. The van der Waals surface area contributed by atoms with E-state index >= 15 is 0 Å². The molecule has 0 aliphatic rings. The normalized spacial score (nSPS) is 12.6. The maximum absolute atomic E-state index is 12.9. The van der Waals surface area contributed by atoms with E-state index in [1.54, 1.807) is 6.07 Å². The van der Waals surface area contributed by atoms with Gasteiger partial charge in [0.1, 0.15) is 11.6 Å². The molecule has 0 unspecified atom stereocenters. The van der Waals surface area contributed by atoms with Gasteiger partial charge in [-0.3, -0.25) is 0 Å². The van der Waals surface area contributed by atoms with Crippen LogP contribution in [0.15, 0.2) is 18.2 Å². The second kappa shape index (κ2) is 4.96. The summed E-state index contributed by atoms with van der Waals surface area (Å²) >= 11 is 0. The summed E-state index contributed by atoms with van der Waals surface area (Å²) < 4.78 is 18.4. The minimum absolute atomic E-state index is 0.211. The predicted octanol–water partition coefficient (Wildman–Crippen LogP) is 2.63. The fourth-order valence-corrected chi connectivity index (χ4v) is 1.22. The van der Waals surface area contributed by atoms with Crippen molar-refractivity contribution in [3.8, 4) is 5.75 Å². The lowest BCUT2D eigenvalue weighted by atomic mass is 10.1. The fourth-order valence-electron chi connectivity index (χ4n) is 1.22. The van der Waals surface area contributed by atoms with Crippen molar-refractivity contribution < 1.29 is 9.13 Å². The first-order chi connectivity index (χ1) is 6.65. The third-order valence-corrected chi connectivity index (χ3v) is 1.92. The molecule has 1 rings (SSSR count). The molecule has 0 saturated heterocycles. The number of benzene rings is 1. The summed E-state index contributed by atoms with van der Waals surface area (Å²) in [5, 5.41) is 0. The van der Waals surface area contributed by atoms with Crippen LogP contribution in [0.4, 0.5) is 4.39 Å². The first-order valence-corrected chi connectivity index (χ1v) is 4.83. The Morgan fingerprint density at radius 3 is 2.79 bits per heavy atom. The van der Waals surface area contributed by atoms with Crippen molar-refractivity contribution in [1.82, 2.24) is 0 Å². The lowest BCUT2D eigenvalue weighted by molar-refractivity contribution is 0.312. The molecule has 0 heterocycles. The van der Waals surface area contributed by atoms with Gasteiger partial charge < -0.3 is 10.5 Å². The Balaban J connectivity index is 2.90. The molecule has 0 amide bonds. The number of ether oxygens (including phenoxy) is 1. The van der Waals surface area contributed by atoms with Crippen LogP contribution in [0.25, 0.3) is 0 Å². The van der Waals surface area contributed by atoms with Crippen LogP contribution in [-0.4, -0.2) is 6.61 Å². The highest BCUT2D eigenvalue weighted by Crippen LogP contribution is 2.24. The number of hydrogen-bond acceptors (Lipinski definition) is 2. The van der Waals surface area contributed by atoms with Crippen molar-refractivity contribution in [3.63, 3.8) is 0 Å². The predicted molar refractivity (Wildman–Crippen MR) is 54.8 cm³/mol. The molecule has 0 aromatic heterocycles. The van der Waals surface area contributed by atoms with E-state index in [4.69, 9.17) is 10.5 Å². The Kier molecular flexibility index (Phi) is 3.89. The molecule has 78 valence electrons. The second-order valence-electron chi connectivity index (χ2n) is 3.32. The maximum Gasteiger partial charge on any atom is 0.124 e. The molecular formula is C11H16FNO. The Labute approximate surface area is 83.9 Å². The van der Waals surface area contributed by atoms with E-state index in [2.05, 4.69) is 0 Å². The summed E-state index contributed by atoms with van der Waals surface area (Å²) in [4.78, 5) is 0. The summed E-state index contributed by atoms with van der Waals surface area (Å²) in [6.45, 7) is 4.47. The summed E-state index contributed by atoms with van der Waals surface area (Å²) in [6, 6.07) is 4.23. The van der Waals surface area contributed by atoms with Crippen LogP contribution >= 0.6 is 0 Å². The van der Waals surface area contributed by atoms with Crippen molar-refractivity contribution >= 4 is 0 Å². The highest BCUT2D eigenvalue weighted by Gasteiger charge is 2.08. The van der Waals surface area contributed by atoms with E-state index in [0.717, 1.165) is 12.0 Å². The van der Waals surface area contributed by atoms with E-state index < -0.39 is 0 Å². The lowest BCUT2D eigenvalue weighted by Crippen LogP contribution is -2.08. The summed E-state index contributed by atoms with van der Waals surface area (Å²) in [7, 11) is 0. The monoisotopic (exact) mass is 197 g/mol. The summed E-state index contributed by atoms with van der Waals surface area (Å²) in [5.74, 6) is 0.407. The molecule has 2 N–H and O–H groups in total. The highest BCUT2D eigenvalue weighted by molar-refractivity contribution is 5.36. The van der Waals surface area contributed by atoms with Gasteiger partial charge in [-0.2, -0.15) is 0 Å². The van der Waals surface area contributed by atoms with Gasteiger partial charge in [0.25, 0.3) is 0 Å². The molecule has 0 saturated carbocycles. The molecule has 0 aliphatic carbocycles. The summed E-state index contributed by atoms with van der Waals surface area (Å²) in [6.07, 6.45) is 0.926. The van der Waals surface area contributed by atoms with Crippen LogP contribution in [0.3, 0.4) is 0 Å². The molecule has 1 aromatic carbocycles. The number of halogens is 1. The van der Waals surface area contributed by atoms with Gasteiger partial charge in [0, 0.05) is 11.6 Å². The Hall–Kier alpha value is -1.09. The molecular weight excluding hydrogens is 181 g/mol. The zero-order chi connectivity index (χ0) is 10.6. The maximum atomic E-state index is 12.9. The topological polar surface area (TPSA) is 35.2 Å². The molecule has 14 heavy (non-hydrogen) atoms. The van der Waals surface area contributed by atoms with Gasteiger partial charge in [-0.1, -0.05) is 6.92 Å². The Morgan fingerprint density at radius 2 is 2.21 bits per heavy atom. The van der Waals surface area contributed by atoms with Gasteiger partial charge in [-0.15, -0.1) is 0 Å². The van der Waals surface area contributed by atoms with E-state index in [0.29, 0.717) is 12.4 Å². The van der Waals surface area contributed by atoms with Crippen LogP contribution in [0.5, 0.6) is 5.75 Å². The van der Waals surface area contributed by atoms with Gasteiger partial charge in [0.15, 0.2) is 0 Å². The van der Waals surface area contributed by atoms with Gasteiger partial charge >= 0.3 is 0 Å². The molecule has 0 radical (unpaired) electrons. The molecule has 0 aliphatic heterocycles. The number of rotatable bonds is 4. The second-order valence-corrected chi connectivity index (χ2v) is 3.32. The van der Waals surface area contributed by atoms with Gasteiger partial charge in [0.2, 0.25) is 0 Å². The van der Waals surface area contributed by atoms with Crippen molar-refractivity contribution in [3.05, 3.63) is 29.6 Å². The minimum atomic E-state index is -0.277. The van der Waals surface area contributed by atoms with E-state index in [1.807, 2.05) is 13.8 Å². The Morgan fingerprint density at radius 1 is 1.50 bits per heavy atom. The lowest BCUT2D eigenvalue weighted by Gasteiger charge is -2.13. The van der Waals surface area contributed by atoms with Crippen LogP contribution in [0.2, 0.25) is 0 Å². The standard InChI is InChI=1S/C11H16FNO/c1-3-6-14-11-5-4-9(12)7-10(11)8(2)13/h4-5,7-8H,3,6,13H2,1-2H3/t8-/m0/s1. The van der Waals surface area contributed by atoms with Crippen LogP contribution < -0.4 is 10.5 Å². The largest absolute Gasteiger partial charge is 0.493 e. The van der Waals surface area contributed by atoms with Gasteiger partial charge in [-0.25, -0.2) is 4.39 Å². The molecule has 2 nitrogen and oxygen atoms in total. The van der Waals surface area contributed by atoms with E-state index in [-0.39, 0.29) is 11.9 Å². The first-order valence-electron chi connectivity index (χ1n) is 4.83. The molecule has 1 atom stereocenters. The van der Waals surface area contributed by atoms with Gasteiger partial charge in [-0.05, 0) is 31.5 Å². The van der Waals surface area contributed by atoms with Crippen molar-refractivity contribution in [1.29, 1.82) is 0 Å². The van der Waals surface area contributed by atoms with Crippen LogP contribution in [0.1, 0.15) is 31.9 Å². The molecule has 0 fully saturated rings. The van der Waals surface area contributed by atoms with E-state index in [9.17, 15) is 4.39 Å². The van der Waals surface area contributed by atoms with Crippen molar-refractivity contribution in [2.75, 3.05) is 6.61 Å². The first kappa shape index (κ1) is 11.0. The van der Waals surface area contributed by atoms with E-state index in [1.165, 1.54) is 12.1 Å². The van der Waals surface area contributed by atoms with Crippen molar-refractivity contribution in [2.24, 2.45) is 5.73 Å². The van der Waals surface area contributed by atoms with Gasteiger partial charge in [0.05, 0.1) is 6.61 Å². The zero-order valence-electron chi connectivity index (χ0n) is 8.59. The quantitative estimate of drug-likeness (QED) is 0.805.